The van der Waals surface area contributed by atoms with Crippen LogP contribution in [0.5, 0.6) is 0 Å². The highest BCUT2D eigenvalue weighted by Crippen LogP contribution is 2.20. The maximum atomic E-state index is 12.4. The molecule has 0 aliphatic carbocycles. The summed E-state index contributed by atoms with van der Waals surface area (Å²) in [5.41, 5.74) is 5.97. The Morgan fingerprint density at radius 1 is 1.68 bits per heavy atom. The van der Waals surface area contributed by atoms with E-state index < -0.39 is 0 Å². The summed E-state index contributed by atoms with van der Waals surface area (Å²) in [6, 6.07) is 1.41. The van der Waals surface area contributed by atoms with E-state index in [1.54, 1.807) is 18.1 Å². The second-order valence-electron chi connectivity index (χ2n) is 4.52. The molecule has 1 aromatic heterocycles. The molecule has 1 unspecified atom stereocenters. The molecule has 0 spiro atoms. The van der Waals surface area contributed by atoms with E-state index >= 15 is 0 Å². The van der Waals surface area contributed by atoms with Crippen LogP contribution < -0.4 is 5.73 Å². The number of amides is 1. The van der Waals surface area contributed by atoms with Crippen LogP contribution in [0.2, 0.25) is 0 Å². The number of ether oxygens (including phenoxy) is 1. The van der Waals surface area contributed by atoms with Gasteiger partial charge in [-0.2, -0.15) is 0 Å². The summed E-state index contributed by atoms with van der Waals surface area (Å²) in [5, 5.41) is 3.77. The minimum absolute atomic E-state index is 0.182. The number of carbonyl (C=O) groups excluding carboxylic acids is 1. The topological polar surface area (TPSA) is 81.6 Å². The summed E-state index contributed by atoms with van der Waals surface area (Å²) in [6.45, 7) is 0.937. The van der Waals surface area contributed by atoms with Gasteiger partial charge in [-0.25, -0.2) is 0 Å². The molecule has 1 fully saturated rings. The smallest absolute Gasteiger partial charge is 0.276 e. The van der Waals surface area contributed by atoms with E-state index in [0.717, 1.165) is 19.3 Å². The largest absolute Gasteiger partial charge is 0.392 e. The molecule has 0 radical (unpaired) electrons. The van der Waals surface area contributed by atoms with E-state index in [1.807, 2.05) is 0 Å². The molecule has 6 nitrogen and oxygen atoms in total. The lowest BCUT2D eigenvalue weighted by Crippen LogP contribution is -2.49. The first-order valence-electron chi connectivity index (χ1n) is 6.18. The van der Waals surface area contributed by atoms with Crippen molar-refractivity contribution < 1.29 is 14.1 Å². The van der Waals surface area contributed by atoms with Gasteiger partial charge in [0, 0.05) is 19.7 Å². The van der Waals surface area contributed by atoms with Crippen LogP contribution in [-0.2, 0) is 11.3 Å². The Kier molecular flexibility index (Phi) is 4.49. The molecule has 2 rings (SSSR count). The van der Waals surface area contributed by atoms with Crippen molar-refractivity contribution in [1.82, 2.24) is 10.1 Å². The van der Waals surface area contributed by atoms with Gasteiger partial charge in [0.05, 0.1) is 11.0 Å². The number of hydrogen-bond acceptors (Lipinski definition) is 5. The number of nitrogens with zero attached hydrogens (tertiary/aromatic N) is 2. The number of hydrogen-bond donors (Lipinski definition) is 1. The third kappa shape index (κ3) is 3.10. The second kappa shape index (κ2) is 6.12. The number of thiocarbonyl (C=S) groups is 1. The molecule has 104 valence electrons. The average molecular weight is 283 g/mol. The van der Waals surface area contributed by atoms with Gasteiger partial charge in [0.15, 0.2) is 11.5 Å². The molecule has 1 aromatic rings. The molecular weight excluding hydrogens is 266 g/mol. The van der Waals surface area contributed by atoms with Gasteiger partial charge in [-0.05, 0) is 19.3 Å². The number of piperidine rings is 1. The fourth-order valence-electron chi connectivity index (χ4n) is 2.24. The van der Waals surface area contributed by atoms with Crippen molar-refractivity contribution in [2.75, 3.05) is 13.7 Å². The number of rotatable bonds is 4. The maximum Gasteiger partial charge on any atom is 0.276 e. The zero-order valence-corrected chi connectivity index (χ0v) is 11.6. The Bertz CT molecular complexity index is 475. The van der Waals surface area contributed by atoms with E-state index in [-0.39, 0.29) is 17.6 Å². The van der Waals surface area contributed by atoms with Crippen LogP contribution in [0.3, 0.4) is 0 Å². The van der Waals surface area contributed by atoms with E-state index in [0.29, 0.717) is 23.9 Å². The first kappa shape index (κ1) is 14.0. The minimum Gasteiger partial charge on any atom is -0.392 e. The standard InChI is InChI=1S/C12H17N3O3S/c1-17-7-8-6-9(14-18-8)12(16)15-5-3-2-4-10(15)11(13)19/h6,10H,2-5,7H2,1H3,(H2,13,19). The van der Waals surface area contributed by atoms with Crippen LogP contribution in [0.1, 0.15) is 35.5 Å². The molecule has 0 bridgehead atoms. The van der Waals surface area contributed by atoms with Crippen LogP contribution in [0.15, 0.2) is 10.6 Å². The monoisotopic (exact) mass is 283 g/mol. The third-order valence-electron chi connectivity index (χ3n) is 3.16. The van der Waals surface area contributed by atoms with E-state index in [9.17, 15) is 4.79 Å². The van der Waals surface area contributed by atoms with Gasteiger partial charge in [0.1, 0.15) is 6.61 Å². The van der Waals surface area contributed by atoms with Crippen LogP contribution >= 0.6 is 12.2 Å². The lowest BCUT2D eigenvalue weighted by Gasteiger charge is -2.34. The molecule has 2 N–H and O–H groups in total. The molecule has 0 aromatic carbocycles. The quantitative estimate of drug-likeness (QED) is 0.833. The Morgan fingerprint density at radius 2 is 2.47 bits per heavy atom. The molecule has 1 amide bonds. The van der Waals surface area contributed by atoms with Crippen molar-refractivity contribution in [3.8, 4) is 0 Å². The van der Waals surface area contributed by atoms with Crippen LogP contribution in [0, 0.1) is 0 Å². The second-order valence-corrected chi connectivity index (χ2v) is 5.00. The van der Waals surface area contributed by atoms with Crippen molar-refractivity contribution in [1.29, 1.82) is 0 Å². The predicted molar refractivity (Wildman–Crippen MR) is 72.7 cm³/mol. The maximum absolute atomic E-state index is 12.4. The van der Waals surface area contributed by atoms with Gasteiger partial charge in [-0.1, -0.05) is 17.4 Å². The van der Waals surface area contributed by atoms with Crippen molar-refractivity contribution in [3.63, 3.8) is 0 Å². The van der Waals surface area contributed by atoms with Gasteiger partial charge in [-0.15, -0.1) is 0 Å². The van der Waals surface area contributed by atoms with Crippen LogP contribution in [0.25, 0.3) is 0 Å². The van der Waals surface area contributed by atoms with Gasteiger partial charge < -0.3 is 19.9 Å². The van der Waals surface area contributed by atoms with E-state index in [4.69, 9.17) is 27.2 Å². The molecule has 1 aliphatic heterocycles. The number of aromatic nitrogens is 1. The number of methoxy groups -OCH3 is 1. The first-order chi connectivity index (χ1) is 9.13. The van der Waals surface area contributed by atoms with Gasteiger partial charge in [0.2, 0.25) is 0 Å². The van der Waals surface area contributed by atoms with Gasteiger partial charge >= 0.3 is 0 Å². The zero-order chi connectivity index (χ0) is 13.8. The fraction of sp³-hybridized carbons (Fsp3) is 0.583. The highest BCUT2D eigenvalue weighted by molar-refractivity contribution is 7.80. The SMILES string of the molecule is COCc1cc(C(=O)N2CCCCC2C(N)=S)no1. The fourth-order valence-corrected chi connectivity index (χ4v) is 2.49. The van der Waals surface area contributed by atoms with Crippen molar-refractivity contribution in [2.45, 2.75) is 31.9 Å². The summed E-state index contributed by atoms with van der Waals surface area (Å²) >= 11 is 5.03. The first-order valence-corrected chi connectivity index (χ1v) is 6.59. The lowest BCUT2D eigenvalue weighted by molar-refractivity contribution is 0.0670. The summed E-state index contributed by atoms with van der Waals surface area (Å²) in [6.07, 6.45) is 2.79. The van der Waals surface area contributed by atoms with Crippen molar-refractivity contribution in [3.05, 3.63) is 17.5 Å². The predicted octanol–water partition coefficient (Wildman–Crippen LogP) is 1.10. The van der Waals surface area contributed by atoms with Crippen LogP contribution in [0.4, 0.5) is 0 Å². The Hall–Kier alpha value is -1.47. The molecule has 1 aliphatic rings. The Balaban J connectivity index is 2.14. The summed E-state index contributed by atoms with van der Waals surface area (Å²) in [7, 11) is 1.55. The molecule has 2 heterocycles. The Morgan fingerprint density at radius 3 is 3.16 bits per heavy atom. The summed E-state index contributed by atoms with van der Waals surface area (Å²) in [4.78, 5) is 14.4. The average Bonchev–Trinajstić information content (AvgIpc) is 2.87. The lowest BCUT2D eigenvalue weighted by atomic mass is 10.0. The molecule has 0 saturated carbocycles. The number of likely N-dealkylation sites (tertiary alicyclic amines) is 1. The van der Waals surface area contributed by atoms with E-state index in [2.05, 4.69) is 5.16 Å². The summed E-state index contributed by atoms with van der Waals surface area (Å²) < 4.78 is 9.95. The van der Waals surface area contributed by atoms with Crippen LogP contribution in [-0.4, -0.2) is 40.6 Å². The molecular formula is C12H17N3O3S. The van der Waals surface area contributed by atoms with Crippen molar-refractivity contribution in [2.24, 2.45) is 5.73 Å². The highest BCUT2D eigenvalue weighted by atomic mass is 32.1. The molecule has 7 heteroatoms. The molecule has 1 saturated heterocycles. The minimum atomic E-state index is -0.191. The van der Waals surface area contributed by atoms with Gasteiger partial charge in [0.25, 0.3) is 5.91 Å². The van der Waals surface area contributed by atoms with Gasteiger partial charge in [-0.3, -0.25) is 4.79 Å². The number of carbonyl (C=O) groups is 1. The van der Waals surface area contributed by atoms with E-state index in [1.165, 1.54) is 0 Å². The zero-order valence-electron chi connectivity index (χ0n) is 10.8. The third-order valence-corrected chi connectivity index (χ3v) is 3.43. The highest BCUT2D eigenvalue weighted by Gasteiger charge is 2.30. The van der Waals surface area contributed by atoms with Crippen molar-refractivity contribution >= 4 is 23.1 Å². The number of nitrogens with two attached hydrogens (primary N) is 1. The molecule has 19 heavy (non-hydrogen) atoms. The molecule has 1 atom stereocenters. The normalized spacial score (nSPS) is 19.4. The Labute approximate surface area is 116 Å². The summed E-state index contributed by atoms with van der Waals surface area (Å²) in [5.74, 6) is 0.332.